The second kappa shape index (κ2) is 3.97. The van der Waals surface area contributed by atoms with Crippen molar-refractivity contribution in [2.45, 2.75) is 6.92 Å². The van der Waals surface area contributed by atoms with Gasteiger partial charge in [0.15, 0.2) is 5.82 Å². The highest BCUT2D eigenvalue weighted by Gasteiger charge is 2.09. The smallest absolute Gasteiger partial charge is 0.154 e. The van der Waals surface area contributed by atoms with Crippen molar-refractivity contribution in [2.75, 3.05) is 11.1 Å². The fourth-order valence-corrected chi connectivity index (χ4v) is 1.47. The normalized spacial score (nSPS) is 10.4. The first-order valence-corrected chi connectivity index (χ1v) is 4.99. The van der Waals surface area contributed by atoms with Gasteiger partial charge in [-0.25, -0.2) is 9.97 Å². The number of anilines is 3. The molecule has 0 bridgehead atoms. The second-order valence-corrected chi connectivity index (χ2v) is 3.73. The fourth-order valence-electron chi connectivity index (χ4n) is 1.32. The van der Waals surface area contributed by atoms with Gasteiger partial charge in [-0.05, 0) is 6.92 Å². The van der Waals surface area contributed by atoms with Crippen molar-refractivity contribution in [2.24, 2.45) is 7.05 Å². The van der Waals surface area contributed by atoms with Crippen LogP contribution in [0.5, 0.6) is 0 Å². The lowest BCUT2D eigenvalue weighted by Gasteiger charge is -2.06. The molecule has 2 aromatic rings. The largest absolute Gasteiger partial charge is 0.382 e. The number of rotatable bonds is 2. The predicted molar refractivity (Wildman–Crippen MR) is 62.7 cm³/mol. The molecule has 16 heavy (non-hydrogen) atoms. The lowest BCUT2D eigenvalue weighted by atomic mass is 10.4. The number of halogens is 1. The van der Waals surface area contributed by atoms with E-state index < -0.39 is 0 Å². The second-order valence-electron chi connectivity index (χ2n) is 3.35. The van der Waals surface area contributed by atoms with Crippen molar-refractivity contribution in [3.63, 3.8) is 0 Å². The third-order valence-corrected chi connectivity index (χ3v) is 2.46. The molecule has 0 aliphatic carbocycles. The van der Waals surface area contributed by atoms with Crippen molar-refractivity contribution >= 4 is 28.9 Å². The minimum Gasteiger partial charge on any atom is -0.382 e. The molecule has 3 N–H and O–H groups in total. The van der Waals surface area contributed by atoms with E-state index in [2.05, 4.69) is 20.4 Å². The molecule has 0 radical (unpaired) electrons. The molecule has 0 saturated heterocycles. The molecule has 0 aromatic carbocycles. The lowest BCUT2D eigenvalue weighted by Crippen LogP contribution is -1.99. The first kappa shape index (κ1) is 10.7. The number of nitrogens with zero attached hydrogens (tertiary/aromatic N) is 4. The molecule has 7 heteroatoms. The minimum absolute atomic E-state index is 0.251. The van der Waals surface area contributed by atoms with Gasteiger partial charge < -0.3 is 11.1 Å². The molecule has 0 atom stereocenters. The predicted octanol–water partition coefficient (Wildman–Crippen LogP) is 1.50. The summed E-state index contributed by atoms with van der Waals surface area (Å²) in [6, 6.07) is 0. The summed E-state index contributed by atoms with van der Waals surface area (Å²) in [6.07, 6.45) is 3.19. The van der Waals surface area contributed by atoms with Crippen LogP contribution in [0.4, 0.5) is 17.3 Å². The highest BCUT2D eigenvalue weighted by molar-refractivity contribution is 6.35. The van der Waals surface area contributed by atoms with Gasteiger partial charge in [0.05, 0.1) is 11.4 Å². The summed E-state index contributed by atoms with van der Waals surface area (Å²) < 4.78 is 1.70. The van der Waals surface area contributed by atoms with Crippen LogP contribution in [-0.4, -0.2) is 19.7 Å². The van der Waals surface area contributed by atoms with Crippen LogP contribution >= 0.6 is 11.6 Å². The zero-order valence-corrected chi connectivity index (χ0v) is 9.65. The van der Waals surface area contributed by atoms with Crippen molar-refractivity contribution in [1.29, 1.82) is 0 Å². The molecule has 0 spiro atoms. The van der Waals surface area contributed by atoms with Gasteiger partial charge in [0.1, 0.15) is 17.2 Å². The Hall–Kier alpha value is -1.82. The molecule has 6 nitrogen and oxygen atoms in total. The average Bonchev–Trinajstić information content (AvgIpc) is 2.53. The maximum absolute atomic E-state index is 5.96. The van der Waals surface area contributed by atoms with E-state index in [1.807, 2.05) is 20.2 Å². The number of nitrogens with two attached hydrogens (primary N) is 1. The monoisotopic (exact) mass is 238 g/mol. The number of nitrogens with one attached hydrogen (secondary N) is 1. The number of aromatic nitrogens is 4. The van der Waals surface area contributed by atoms with Gasteiger partial charge in [0, 0.05) is 13.2 Å². The zero-order chi connectivity index (χ0) is 11.7. The van der Waals surface area contributed by atoms with Gasteiger partial charge in [0.2, 0.25) is 0 Å². The van der Waals surface area contributed by atoms with Crippen LogP contribution in [0.2, 0.25) is 5.02 Å². The first-order chi connectivity index (χ1) is 7.58. The van der Waals surface area contributed by atoms with Crippen molar-refractivity contribution in [1.82, 2.24) is 19.7 Å². The molecule has 0 unspecified atom stereocenters. The highest BCUT2D eigenvalue weighted by Crippen LogP contribution is 2.27. The van der Waals surface area contributed by atoms with Crippen LogP contribution < -0.4 is 11.1 Å². The Morgan fingerprint density at radius 3 is 2.81 bits per heavy atom. The fraction of sp³-hybridized carbons (Fsp3) is 0.222. The zero-order valence-electron chi connectivity index (χ0n) is 8.90. The Kier molecular flexibility index (Phi) is 2.66. The number of nitrogen functional groups attached to an aromatic ring is 1. The Balaban J connectivity index is 2.34. The Morgan fingerprint density at radius 1 is 1.44 bits per heavy atom. The number of hydrogen-bond donors (Lipinski definition) is 2. The van der Waals surface area contributed by atoms with E-state index in [1.54, 1.807) is 4.68 Å². The van der Waals surface area contributed by atoms with Crippen LogP contribution in [0.3, 0.4) is 0 Å². The molecule has 0 aliphatic heterocycles. The maximum atomic E-state index is 5.96. The van der Waals surface area contributed by atoms with Gasteiger partial charge in [0.25, 0.3) is 0 Å². The summed E-state index contributed by atoms with van der Waals surface area (Å²) in [4.78, 5) is 7.80. The van der Waals surface area contributed by atoms with E-state index in [1.165, 1.54) is 6.33 Å². The Labute approximate surface area is 97.5 Å². The topological polar surface area (TPSA) is 81.7 Å². The molecule has 0 fully saturated rings. The molecule has 0 aliphatic rings. The third-order valence-electron chi connectivity index (χ3n) is 2.08. The molecule has 2 aromatic heterocycles. The molecule has 0 amide bonds. The van der Waals surface area contributed by atoms with E-state index in [9.17, 15) is 0 Å². The SMILES string of the molecule is Cc1nn(C)cc1Nc1ncnc(N)c1Cl. The van der Waals surface area contributed by atoms with Crippen LogP contribution in [0.15, 0.2) is 12.5 Å². The summed E-state index contributed by atoms with van der Waals surface area (Å²) in [7, 11) is 1.84. The lowest BCUT2D eigenvalue weighted by molar-refractivity contribution is 0.756. The molecule has 2 heterocycles. The van der Waals surface area contributed by atoms with E-state index in [0.29, 0.717) is 10.8 Å². The summed E-state index contributed by atoms with van der Waals surface area (Å²) in [5.41, 5.74) is 7.27. The van der Waals surface area contributed by atoms with Gasteiger partial charge in [-0.1, -0.05) is 11.6 Å². The van der Waals surface area contributed by atoms with Gasteiger partial charge >= 0.3 is 0 Å². The standard InChI is InChI=1S/C9H11ClN6/c1-5-6(3-16(2)15-5)14-9-7(10)8(11)12-4-13-9/h3-4H,1-2H3,(H3,11,12,13,14). The number of hydrogen-bond acceptors (Lipinski definition) is 5. The maximum Gasteiger partial charge on any atom is 0.154 e. The quantitative estimate of drug-likeness (QED) is 0.829. The Bertz CT molecular complexity index is 521. The van der Waals surface area contributed by atoms with E-state index in [4.69, 9.17) is 17.3 Å². The molecule has 0 saturated carbocycles. The summed E-state index contributed by atoms with van der Waals surface area (Å²) in [6.45, 7) is 1.89. The van der Waals surface area contributed by atoms with Crippen LogP contribution in [0.25, 0.3) is 0 Å². The third kappa shape index (κ3) is 1.92. The van der Waals surface area contributed by atoms with Crippen molar-refractivity contribution in [3.05, 3.63) is 23.2 Å². The molecule has 2 rings (SSSR count). The summed E-state index contributed by atoms with van der Waals surface area (Å²) in [5.74, 6) is 0.728. The summed E-state index contributed by atoms with van der Waals surface area (Å²) >= 11 is 5.96. The minimum atomic E-state index is 0.251. The highest BCUT2D eigenvalue weighted by atomic mass is 35.5. The number of aryl methyl sites for hydroxylation is 2. The van der Waals surface area contributed by atoms with Crippen LogP contribution in [-0.2, 0) is 7.05 Å². The van der Waals surface area contributed by atoms with Crippen molar-refractivity contribution in [3.8, 4) is 0 Å². The van der Waals surface area contributed by atoms with E-state index >= 15 is 0 Å². The molecular formula is C9H11ClN6. The van der Waals surface area contributed by atoms with Gasteiger partial charge in [-0.3, -0.25) is 4.68 Å². The van der Waals surface area contributed by atoms with E-state index in [-0.39, 0.29) is 5.82 Å². The van der Waals surface area contributed by atoms with Crippen LogP contribution in [0.1, 0.15) is 5.69 Å². The first-order valence-electron chi connectivity index (χ1n) is 4.61. The average molecular weight is 239 g/mol. The Morgan fingerprint density at radius 2 is 2.19 bits per heavy atom. The molecule has 84 valence electrons. The molecular weight excluding hydrogens is 228 g/mol. The van der Waals surface area contributed by atoms with Crippen LogP contribution in [0, 0.1) is 6.92 Å². The van der Waals surface area contributed by atoms with E-state index in [0.717, 1.165) is 11.4 Å². The summed E-state index contributed by atoms with van der Waals surface area (Å²) in [5, 5.41) is 7.56. The van der Waals surface area contributed by atoms with Gasteiger partial charge in [-0.2, -0.15) is 5.10 Å². The van der Waals surface area contributed by atoms with Crippen molar-refractivity contribution < 1.29 is 0 Å². The van der Waals surface area contributed by atoms with Gasteiger partial charge in [-0.15, -0.1) is 0 Å².